The molecule has 0 spiro atoms. The van der Waals surface area contributed by atoms with Gasteiger partial charge >= 0.3 is 5.97 Å². The van der Waals surface area contributed by atoms with Crippen LogP contribution in [0.5, 0.6) is 11.5 Å². The van der Waals surface area contributed by atoms with Crippen LogP contribution in [0.3, 0.4) is 0 Å². The molecule has 0 saturated carbocycles. The Balaban J connectivity index is 3.26. The van der Waals surface area contributed by atoms with Gasteiger partial charge in [-0.3, -0.25) is 4.79 Å². The maximum atomic E-state index is 11.4. The van der Waals surface area contributed by atoms with Crippen molar-refractivity contribution >= 4 is 5.97 Å². The molecule has 0 amide bonds. The van der Waals surface area contributed by atoms with Gasteiger partial charge in [-0.2, -0.15) is 0 Å². The van der Waals surface area contributed by atoms with Gasteiger partial charge in [-0.1, -0.05) is 27.7 Å². The molecule has 3 nitrogen and oxygen atoms in total. The maximum absolute atomic E-state index is 11.4. The lowest BCUT2D eigenvalue weighted by atomic mass is 9.85. The third-order valence-electron chi connectivity index (χ3n) is 2.62. The number of aromatic hydroxyl groups is 1. The highest BCUT2D eigenvalue weighted by atomic mass is 16.5. The summed E-state index contributed by atoms with van der Waals surface area (Å²) in [5.74, 6) is 0.506. The lowest BCUT2D eigenvalue weighted by Crippen LogP contribution is -2.16. The average Bonchev–Trinajstić information content (AvgIpc) is 2.21. The molecule has 0 unspecified atom stereocenters. The van der Waals surface area contributed by atoms with Crippen LogP contribution >= 0.6 is 0 Å². The van der Waals surface area contributed by atoms with Gasteiger partial charge in [-0.25, -0.2) is 0 Å². The summed E-state index contributed by atoms with van der Waals surface area (Å²) in [6.45, 7) is 9.58. The van der Waals surface area contributed by atoms with Crippen molar-refractivity contribution in [1.29, 1.82) is 0 Å². The number of esters is 1. The number of phenols is 1. The number of rotatable bonds is 2. The van der Waals surface area contributed by atoms with Gasteiger partial charge in [0.25, 0.3) is 0 Å². The quantitative estimate of drug-likeness (QED) is 0.633. The summed E-state index contributed by atoms with van der Waals surface area (Å²) in [4.78, 5) is 11.4. The van der Waals surface area contributed by atoms with Gasteiger partial charge in [0.1, 0.15) is 11.5 Å². The van der Waals surface area contributed by atoms with Crippen molar-refractivity contribution in [2.45, 2.75) is 46.5 Å². The molecule has 0 aromatic heterocycles. The molecule has 0 radical (unpaired) electrons. The molecule has 0 bridgehead atoms. The SMILES string of the molecule is CCC(=O)Oc1cc(C)c(O)cc1C(C)(C)C. The van der Waals surface area contributed by atoms with Crippen LogP contribution in [-0.4, -0.2) is 11.1 Å². The molecule has 1 aromatic carbocycles. The van der Waals surface area contributed by atoms with E-state index in [-0.39, 0.29) is 17.1 Å². The van der Waals surface area contributed by atoms with Gasteiger partial charge in [0.2, 0.25) is 0 Å². The Hall–Kier alpha value is -1.51. The Labute approximate surface area is 102 Å². The number of hydrogen-bond acceptors (Lipinski definition) is 3. The Morgan fingerprint density at radius 2 is 1.94 bits per heavy atom. The van der Waals surface area contributed by atoms with Gasteiger partial charge in [0.15, 0.2) is 0 Å². The standard InChI is InChI=1S/C14H20O3/c1-6-13(16)17-12-7-9(2)11(15)8-10(12)14(3,4)5/h7-8,15H,6H2,1-5H3. The average molecular weight is 236 g/mol. The van der Waals surface area contributed by atoms with Crippen LogP contribution in [0.1, 0.15) is 45.2 Å². The van der Waals surface area contributed by atoms with E-state index in [4.69, 9.17) is 4.74 Å². The fraction of sp³-hybridized carbons (Fsp3) is 0.500. The molecule has 0 aliphatic heterocycles. The molecule has 1 N–H and O–H groups in total. The van der Waals surface area contributed by atoms with E-state index in [0.717, 1.165) is 5.56 Å². The van der Waals surface area contributed by atoms with Gasteiger partial charge in [-0.15, -0.1) is 0 Å². The molecule has 1 aromatic rings. The van der Waals surface area contributed by atoms with E-state index in [1.165, 1.54) is 0 Å². The Bertz CT molecular complexity index is 428. The summed E-state index contributed by atoms with van der Waals surface area (Å²) in [7, 11) is 0. The van der Waals surface area contributed by atoms with Crippen LogP contribution < -0.4 is 4.74 Å². The van der Waals surface area contributed by atoms with E-state index in [9.17, 15) is 9.90 Å². The number of phenolic OH excluding ortho intramolecular Hbond substituents is 1. The minimum Gasteiger partial charge on any atom is -0.508 e. The highest BCUT2D eigenvalue weighted by Crippen LogP contribution is 2.36. The number of benzene rings is 1. The van der Waals surface area contributed by atoms with Crippen LogP contribution in [0, 0.1) is 6.92 Å². The van der Waals surface area contributed by atoms with Crippen molar-refractivity contribution in [3.05, 3.63) is 23.3 Å². The van der Waals surface area contributed by atoms with Gasteiger partial charge in [0, 0.05) is 12.0 Å². The first-order chi connectivity index (χ1) is 7.75. The second-order valence-corrected chi connectivity index (χ2v) is 5.21. The van der Waals surface area contributed by atoms with E-state index < -0.39 is 0 Å². The summed E-state index contributed by atoms with van der Waals surface area (Å²) in [6, 6.07) is 3.39. The summed E-state index contributed by atoms with van der Waals surface area (Å²) < 4.78 is 5.31. The van der Waals surface area contributed by atoms with Crippen LogP contribution in [0.25, 0.3) is 0 Å². The van der Waals surface area contributed by atoms with E-state index in [1.54, 1.807) is 26.0 Å². The maximum Gasteiger partial charge on any atom is 0.310 e. The lowest BCUT2D eigenvalue weighted by molar-refractivity contribution is -0.134. The van der Waals surface area contributed by atoms with Gasteiger partial charge in [-0.05, 0) is 30.0 Å². The predicted octanol–water partition coefficient (Wildman–Crippen LogP) is 3.31. The number of carbonyl (C=O) groups is 1. The van der Waals surface area contributed by atoms with Crippen molar-refractivity contribution in [2.75, 3.05) is 0 Å². The van der Waals surface area contributed by atoms with Crippen LogP contribution in [0.2, 0.25) is 0 Å². The first kappa shape index (κ1) is 13.6. The number of hydrogen-bond donors (Lipinski definition) is 1. The lowest BCUT2D eigenvalue weighted by Gasteiger charge is -2.23. The molecule has 3 heteroatoms. The molecular formula is C14H20O3. The van der Waals surface area contributed by atoms with Crippen molar-refractivity contribution in [1.82, 2.24) is 0 Å². The minimum absolute atomic E-state index is 0.186. The van der Waals surface area contributed by atoms with Crippen molar-refractivity contribution in [3.8, 4) is 11.5 Å². The number of aryl methyl sites for hydroxylation is 1. The third-order valence-corrected chi connectivity index (χ3v) is 2.62. The molecule has 94 valence electrons. The Morgan fingerprint density at radius 3 is 2.41 bits per heavy atom. The molecule has 0 fully saturated rings. The molecule has 0 heterocycles. The number of ether oxygens (including phenoxy) is 1. The van der Waals surface area contributed by atoms with Crippen molar-refractivity contribution < 1.29 is 14.6 Å². The molecule has 0 atom stereocenters. The summed E-state index contributed by atoms with van der Waals surface area (Å²) >= 11 is 0. The molecule has 0 aliphatic rings. The molecular weight excluding hydrogens is 216 g/mol. The summed E-state index contributed by atoms with van der Waals surface area (Å²) in [6.07, 6.45) is 0.337. The zero-order chi connectivity index (χ0) is 13.2. The monoisotopic (exact) mass is 236 g/mol. The van der Waals surface area contributed by atoms with E-state index >= 15 is 0 Å². The molecule has 17 heavy (non-hydrogen) atoms. The van der Waals surface area contributed by atoms with Crippen LogP contribution in [-0.2, 0) is 10.2 Å². The second kappa shape index (κ2) is 4.78. The highest BCUT2D eigenvalue weighted by Gasteiger charge is 2.22. The smallest absolute Gasteiger partial charge is 0.310 e. The van der Waals surface area contributed by atoms with E-state index in [0.29, 0.717) is 17.7 Å². The third kappa shape index (κ3) is 3.22. The fourth-order valence-corrected chi connectivity index (χ4v) is 1.54. The van der Waals surface area contributed by atoms with Crippen LogP contribution in [0.4, 0.5) is 0 Å². The largest absolute Gasteiger partial charge is 0.508 e. The summed E-state index contributed by atoms with van der Waals surface area (Å²) in [5, 5.41) is 9.74. The van der Waals surface area contributed by atoms with Crippen molar-refractivity contribution in [2.24, 2.45) is 0 Å². The second-order valence-electron chi connectivity index (χ2n) is 5.21. The predicted molar refractivity (Wildman–Crippen MR) is 67.5 cm³/mol. The molecule has 0 aliphatic carbocycles. The Morgan fingerprint density at radius 1 is 1.35 bits per heavy atom. The molecule has 0 saturated heterocycles. The minimum atomic E-state index is -0.263. The Kier molecular flexibility index (Phi) is 3.81. The summed E-state index contributed by atoms with van der Waals surface area (Å²) in [5.41, 5.74) is 1.36. The number of carbonyl (C=O) groups excluding carboxylic acids is 1. The fourth-order valence-electron chi connectivity index (χ4n) is 1.54. The highest BCUT2D eigenvalue weighted by molar-refractivity contribution is 5.73. The normalized spacial score (nSPS) is 11.4. The zero-order valence-corrected chi connectivity index (χ0v) is 11.1. The van der Waals surface area contributed by atoms with Gasteiger partial charge < -0.3 is 9.84 Å². The van der Waals surface area contributed by atoms with E-state index in [2.05, 4.69) is 0 Å². The molecule has 1 rings (SSSR count). The first-order valence-corrected chi connectivity index (χ1v) is 5.80. The van der Waals surface area contributed by atoms with E-state index in [1.807, 2.05) is 20.8 Å². The topological polar surface area (TPSA) is 46.5 Å². The first-order valence-electron chi connectivity index (χ1n) is 5.80. The van der Waals surface area contributed by atoms with Crippen molar-refractivity contribution in [3.63, 3.8) is 0 Å². The zero-order valence-electron chi connectivity index (χ0n) is 11.1. The van der Waals surface area contributed by atoms with Crippen LogP contribution in [0.15, 0.2) is 12.1 Å². The van der Waals surface area contributed by atoms with Gasteiger partial charge in [0.05, 0.1) is 0 Å².